The van der Waals surface area contributed by atoms with Crippen LogP contribution in [0.4, 0.5) is 0 Å². The summed E-state index contributed by atoms with van der Waals surface area (Å²) in [5.41, 5.74) is 7.73. The van der Waals surface area contributed by atoms with Gasteiger partial charge in [0.05, 0.1) is 24.0 Å². The monoisotopic (exact) mass is 462 g/mol. The highest BCUT2D eigenvalue weighted by Gasteiger charge is 2.57. The van der Waals surface area contributed by atoms with Gasteiger partial charge in [-0.1, -0.05) is 6.07 Å². The first-order chi connectivity index (χ1) is 16.2. The third-order valence-corrected chi connectivity index (χ3v) is 7.40. The third kappa shape index (κ3) is 3.19. The summed E-state index contributed by atoms with van der Waals surface area (Å²) in [6, 6.07) is 4.78. The van der Waals surface area contributed by atoms with Crippen LogP contribution < -0.4 is 5.73 Å². The van der Waals surface area contributed by atoms with Crippen LogP contribution in [0.5, 0.6) is 5.75 Å². The number of aliphatic hydroxyl groups is 1. The number of benzene rings is 1. The molecule has 9 heteroatoms. The fraction of sp³-hybridized carbons (Fsp3) is 0.360. The van der Waals surface area contributed by atoms with Crippen LogP contribution >= 0.6 is 0 Å². The van der Waals surface area contributed by atoms with Gasteiger partial charge in [-0.15, -0.1) is 0 Å². The van der Waals surface area contributed by atoms with Gasteiger partial charge in [-0.05, 0) is 53.5 Å². The van der Waals surface area contributed by atoms with Crippen LogP contribution in [0.2, 0.25) is 0 Å². The van der Waals surface area contributed by atoms with Crippen molar-refractivity contribution in [1.29, 1.82) is 0 Å². The molecule has 34 heavy (non-hydrogen) atoms. The van der Waals surface area contributed by atoms with Crippen molar-refractivity contribution in [1.82, 2.24) is 4.98 Å². The van der Waals surface area contributed by atoms with E-state index in [9.17, 15) is 34.2 Å². The predicted molar refractivity (Wildman–Crippen MR) is 116 cm³/mol. The minimum atomic E-state index is -1.65. The molecule has 0 saturated heterocycles. The summed E-state index contributed by atoms with van der Waals surface area (Å²) >= 11 is 0. The maximum Gasteiger partial charge on any atom is 0.235 e. The zero-order chi connectivity index (χ0) is 24.3. The number of amides is 1. The number of aromatic nitrogens is 1. The second-order valence-electron chi connectivity index (χ2n) is 9.32. The Morgan fingerprint density at radius 1 is 1.03 bits per heavy atom. The van der Waals surface area contributed by atoms with Crippen LogP contribution in [0.15, 0.2) is 30.6 Å². The Hall–Kier alpha value is -3.72. The van der Waals surface area contributed by atoms with Crippen LogP contribution in [0.25, 0.3) is 11.1 Å². The fourth-order valence-electron chi connectivity index (χ4n) is 5.98. The van der Waals surface area contributed by atoms with E-state index < -0.39 is 58.6 Å². The standard InChI is InChI=1S/C25H22N2O7/c26-25(34)21-17(30)6-12-4-11-5-15-14(13-3-10(9-28)7-27-8-13)1-2-16(29)20(15)23(32)18(11)22(31)19(12)24(21)33/h1-3,7-8,11-12,18-19,21,28-29H,4-6,9H2,(H2,26,34)/t11-,12+,18?,19?,21?/m1/s1. The number of carbonyl (C=O) groups excluding carboxylic acids is 5. The van der Waals surface area contributed by atoms with Gasteiger partial charge in [0, 0.05) is 24.4 Å². The van der Waals surface area contributed by atoms with E-state index in [1.165, 1.54) is 12.3 Å². The molecule has 0 radical (unpaired) electrons. The van der Waals surface area contributed by atoms with E-state index in [1.54, 1.807) is 18.3 Å². The highest BCUT2D eigenvalue weighted by atomic mass is 16.3. The maximum absolute atomic E-state index is 13.5. The zero-order valence-corrected chi connectivity index (χ0v) is 18.1. The molecule has 5 atom stereocenters. The number of carbonyl (C=O) groups is 5. The quantitative estimate of drug-likeness (QED) is 0.563. The van der Waals surface area contributed by atoms with Crippen LogP contribution in [-0.4, -0.2) is 44.2 Å². The SMILES string of the molecule is NC(=O)C1C(=O)C[C@@H]2C[C@@H]3Cc4c(-c5cncc(CO)c5)ccc(O)c4C(=O)C3C(=O)C2C1=O. The molecule has 4 N–H and O–H groups in total. The lowest BCUT2D eigenvalue weighted by Gasteiger charge is -2.44. The highest BCUT2D eigenvalue weighted by molar-refractivity contribution is 6.27. The molecule has 1 aromatic heterocycles. The molecule has 3 unspecified atom stereocenters. The molecule has 1 heterocycles. The molecular formula is C25H22N2O7. The van der Waals surface area contributed by atoms with Crippen molar-refractivity contribution in [3.63, 3.8) is 0 Å². The summed E-state index contributed by atoms with van der Waals surface area (Å²) in [7, 11) is 0. The van der Waals surface area contributed by atoms with E-state index in [-0.39, 0.29) is 30.8 Å². The lowest BCUT2D eigenvalue weighted by Crippen LogP contribution is -2.56. The fourth-order valence-corrected chi connectivity index (χ4v) is 5.98. The number of aliphatic hydroxyl groups excluding tert-OH is 1. The molecular weight excluding hydrogens is 440 g/mol. The molecule has 3 aliphatic rings. The number of pyridine rings is 1. The van der Waals surface area contributed by atoms with Gasteiger partial charge in [-0.2, -0.15) is 0 Å². The molecule has 2 saturated carbocycles. The molecule has 9 nitrogen and oxygen atoms in total. The summed E-state index contributed by atoms with van der Waals surface area (Å²) in [5, 5.41) is 20.0. The van der Waals surface area contributed by atoms with E-state index in [1.807, 2.05) is 0 Å². The van der Waals surface area contributed by atoms with Gasteiger partial charge in [0.1, 0.15) is 5.75 Å². The van der Waals surface area contributed by atoms with Crippen molar-refractivity contribution in [2.24, 2.45) is 35.3 Å². The third-order valence-electron chi connectivity index (χ3n) is 7.40. The number of hydrogen-bond acceptors (Lipinski definition) is 8. The zero-order valence-electron chi connectivity index (χ0n) is 18.1. The number of fused-ring (bicyclic) bond motifs is 3. The molecule has 1 aromatic carbocycles. The van der Waals surface area contributed by atoms with Gasteiger partial charge in [0.25, 0.3) is 0 Å². The molecule has 2 aromatic rings. The lowest BCUT2D eigenvalue weighted by atomic mass is 9.56. The van der Waals surface area contributed by atoms with E-state index in [2.05, 4.69) is 4.98 Å². The number of phenols is 1. The Balaban J connectivity index is 1.58. The van der Waals surface area contributed by atoms with Crippen molar-refractivity contribution in [3.8, 4) is 16.9 Å². The summed E-state index contributed by atoms with van der Waals surface area (Å²) < 4.78 is 0. The van der Waals surface area contributed by atoms with Crippen molar-refractivity contribution in [2.45, 2.75) is 25.9 Å². The molecule has 174 valence electrons. The van der Waals surface area contributed by atoms with Crippen LogP contribution in [0.3, 0.4) is 0 Å². The summed E-state index contributed by atoms with van der Waals surface area (Å²) in [6.07, 6.45) is 3.57. The average molecular weight is 462 g/mol. The lowest BCUT2D eigenvalue weighted by molar-refractivity contribution is -0.152. The number of nitrogens with zero attached hydrogens (tertiary/aromatic N) is 1. The first kappa shape index (κ1) is 22.1. The smallest absolute Gasteiger partial charge is 0.235 e. The molecule has 2 fully saturated rings. The van der Waals surface area contributed by atoms with Crippen molar-refractivity contribution in [2.75, 3.05) is 0 Å². The second-order valence-corrected chi connectivity index (χ2v) is 9.32. The van der Waals surface area contributed by atoms with Crippen LogP contribution in [-0.2, 0) is 32.2 Å². The number of rotatable bonds is 3. The number of hydrogen-bond donors (Lipinski definition) is 3. The Kier molecular flexibility index (Phi) is 5.16. The molecule has 0 aliphatic heterocycles. The first-order valence-corrected chi connectivity index (χ1v) is 11.1. The number of aromatic hydroxyl groups is 1. The van der Waals surface area contributed by atoms with Crippen molar-refractivity contribution < 1.29 is 34.2 Å². The van der Waals surface area contributed by atoms with E-state index in [4.69, 9.17) is 5.73 Å². The Morgan fingerprint density at radius 3 is 2.47 bits per heavy atom. The van der Waals surface area contributed by atoms with Crippen LogP contribution in [0.1, 0.15) is 34.3 Å². The van der Waals surface area contributed by atoms with Gasteiger partial charge >= 0.3 is 0 Å². The van der Waals surface area contributed by atoms with Gasteiger partial charge in [-0.25, -0.2) is 0 Å². The normalized spacial score (nSPS) is 28.2. The van der Waals surface area contributed by atoms with Crippen molar-refractivity contribution >= 4 is 29.0 Å². The van der Waals surface area contributed by atoms with E-state index in [0.717, 1.165) is 0 Å². The second kappa shape index (κ2) is 7.95. The largest absolute Gasteiger partial charge is 0.507 e. The van der Waals surface area contributed by atoms with Gasteiger partial charge < -0.3 is 15.9 Å². The highest BCUT2D eigenvalue weighted by Crippen LogP contribution is 2.49. The molecule has 5 rings (SSSR count). The number of primary amides is 1. The summed E-state index contributed by atoms with van der Waals surface area (Å²) in [4.78, 5) is 68.1. The molecule has 0 bridgehead atoms. The van der Waals surface area contributed by atoms with Crippen LogP contribution in [0, 0.1) is 29.6 Å². The number of phenolic OH excluding ortho intramolecular Hbond substituents is 1. The number of nitrogens with two attached hydrogens (primary N) is 1. The maximum atomic E-state index is 13.5. The van der Waals surface area contributed by atoms with Crippen molar-refractivity contribution in [3.05, 3.63) is 47.3 Å². The first-order valence-electron chi connectivity index (χ1n) is 11.1. The summed E-state index contributed by atoms with van der Waals surface area (Å²) in [6.45, 7) is -0.212. The minimum absolute atomic E-state index is 0.0331. The Morgan fingerprint density at radius 2 is 1.76 bits per heavy atom. The average Bonchev–Trinajstić information content (AvgIpc) is 2.78. The number of ketones is 4. The van der Waals surface area contributed by atoms with Gasteiger partial charge in [0.15, 0.2) is 29.1 Å². The molecule has 3 aliphatic carbocycles. The van der Waals surface area contributed by atoms with Gasteiger partial charge in [0.2, 0.25) is 5.91 Å². The topological polar surface area (TPSA) is 165 Å². The molecule has 1 amide bonds. The minimum Gasteiger partial charge on any atom is -0.507 e. The Labute approximate surface area is 194 Å². The van der Waals surface area contributed by atoms with Gasteiger partial charge in [-0.3, -0.25) is 29.0 Å². The number of Topliss-reactive ketones (excluding diaryl/α,β-unsaturated/α-hetero) is 4. The molecule has 0 spiro atoms. The Bertz CT molecular complexity index is 1280. The summed E-state index contributed by atoms with van der Waals surface area (Å²) in [5.74, 6) is -8.96. The van der Waals surface area contributed by atoms with E-state index >= 15 is 0 Å². The van der Waals surface area contributed by atoms with E-state index in [0.29, 0.717) is 28.7 Å². The predicted octanol–water partition coefficient (Wildman–Crippen LogP) is 0.766.